The molecule has 0 radical (unpaired) electrons. The molecule has 0 saturated heterocycles. The van der Waals surface area contributed by atoms with Gasteiger partial charge in [0.1, 0.15) is 12.1 Å². The lowest BCUT2D eigenvalue weighted by molar-refractivity contribution is -0.143. The van der Waals surface area contributed by atoms with E-state index in [1.165, 1.54) is 0 Å². The Bertz CT molecular complexity index is 459. The van der Waals surface area contributed by atoms with E-state index in [0.29, 0.717) is 12.8 Å². The van der Waals surface area contributed by atoms with Gasteiger partial charge in [0.25, 0.3) is 0 Å². The molecule has 1 amide bonds. The van der Waals surface area contributed by atoms with Crippen LogP contribution in [0.2, 0.25) is 0 Å². The zero-order chi connectivity index (χ0) is 15.8. The fourth-order valence-electron chi connectivity index (χ4n) is 2.04. The highest BCUT2D eigenvalue weighted by Crippen LogP contribution is 2.08. The summed E-state index contributed by atoms with van der Waals surface area (Å²) in [5, 5.41) is 21.3. The van der Waals surface area contributed by atoms with Gasteiger partial charge in [0.15, 0.2) is 0 Å². The van der Waals surface area contributed by atoms with Gasteiger partial charge in [-0.1, -0.05) is 44.2 Å². The number of carboxylic acids is 1. The number of aliphatic carboxylic acids is 1. The third-order valence-corrected chi connectivity index (χ3v) is 3.17. The number of carboxylic acid groups (broad SMARTS) is 1. The van der Waals surface area contributed by atoms with E-state index in [1.807, 2.05) is 44.2 Å². The van der Waals surface area contributed by atoms with Crippen LogP contribution in [0.3, 0.4) is 0 Å². The van der Waals surface area contributed by atoms with E-state index in [0.717, 1.165) is 5.56 Å². The SMILES string of the molecule is CC(C)C[C@H](NC(=O)[C@@H](O)CCc1ccccc1)C(=O)O. The zero-order valence-electron chi connectivity index (χ0n) is 12.5. The second kappa shape index (κ2) is 8.42. The average Bonchev–Trinajstić information content (AvgIpc) is 2.44. The van der Waals surface area contributed by atoms with E-state index >= 15 is 0 Å². The molecule has 0 spiro atoms. The number of hydrogen-bond acceptors (Lipinski definition) is 3. The Kier molecular flexibility index (Phi) is 6.88. The third kappa shape index (κ3) is 6.40. The summed E-state index contributed by atoms with van der Waals surface area (Å²) in [5.74, 6) is -1.56. The lowest BCUT2D eigenvalue weighted by Crippen LogP contribution is -2.46. The first-order valence-corrected chi connectivity index (χ1v) is 7.15. The van der Waals surface area contributed by atoms with Crippen molar-refractivity contribution in [3.63, 3.8) is 0 Å². The molecule has 1 aromatic rings. The third-order valence-electron chi connectivity index (χ3n) is 3.17. The summed E-state index contributed by atoms with van der Waals surface area (Å²) in [6, 6.07) is 8.57. The van der Waals surface area contributed by atoms with E-state index in [4.69, 9.17) is 5.11 Å². The summed E-state index contributed by atoms with van der Waals surface area (Å²) in [5.41, 5.74) is 1.03. The highest BCUT2D eigenvalue weighted by atomic mass is 16.4. The fourth-order valence-corrected chi connectivity index (χ4v) is 2.04. The normalized spacial score (nSPS) is 13.7. The minimum Gasteiger partial charge on any atom is -0.480 e. The minimum absolute atomic E-state index is 0.146. The molecular formula is C16H23NO4. The number of aliphatic hydroxyl groups is 1. The molecule has 21 heavy (non-hydrogen) atoms. The quantitative estimate of drug-likeness (QED) is 0.679. The second-order valence-corrected chi connectivity index (χ2v) is 5.57. The van der Waals surface area contributed by atoms with Crippen LogP contribution in [0.4, 0.5) is 0 Å². The molecule has 0 aromatic heterocycles. The highest BCUT2D eigenvalue weighted by molar-refractivity contribution is 5.86. The molecule has 0 aliphatic rings. The van der Waals surface area contributed by atoms with Crippen molar-refractivity contribution in [3.05, 3.63) is 35.9 Å². The number of rotatable bonds is 8. The molecule has 0 aliphatic heterocycles. The van der Waals surface area contributed by atoms with Gasteiger partial charge in [0, 0.05) is 0 Å². The van der Waals surface area contributed by atoms with Crippen molar-refractivity contribution >= 4 is 11.9 Å². The van der Waals surface area contributed by atoms with Gasteiger partial charge >= 0.3 is 5.97 Å². The van der Waals surface area contributed by atoms with Crippen LogP contribution < -0.4 is 5.32 Å². The van der Waals surface area contributed by atoms with Crippen LogP contribution in [0.5, 0.6) is 0 Å². The summed E-state index contributed by atoms with van der Waals surface area (Å²) >= 11 is 0. The molecule has 0 heterocycles. The molecule has 5 heteroatoms. The van der Waals surface area contributed by atoms with Crippen LogP contribution in [-0.2, 0) is 16.0 Å². The molecule has 5 nitrogen and oxygen atoms in total. The maximum atomic E-state index is 11.8. The van der Waals surface area contributed by atoms with Crippen molar-refractivity contribution in [2.24, 2.45) is 5.92 Å². The smallest absolute Gasteiger partial charge is 0.326 e. The number of amides is 1. The van der Waals surface area contributed by atoms with Crippen LogP contribution in [0.15, 0.2) is 30.3 Å². The number of benzene rings is 1. The topological polar surface area (TPSA) is 86.6 Å². The van der Waals surface area contributed by atoms with Crippen molar-refractivity contribution in [2.45, 2.75) is 45.3 Å². The Balaban J connectivity index is 2.47. The summed E-state index contributed by atoms with van der Waals surface area (Å²) in [4.78, 5) is 22.9. The van der Waals surface area contributed by atoms with Gasteiger partial charge in [0.05, 0.1) is 0 Å². The summed E-state index contributed by atoms with van der Waals surface area (Å²) in [7, 11) is 0. The van der Waals surface area contributed by atoms with Crippen LogP contribution in [0.1, 0.15) is 32.3 Å². The van der Waals surface area contributed by atoms with E-state index in [9.17, 15) is 14.7 Å². The van der Waals surface area contributed by atoms with E-state index in [-0.39, 0.29) is 12.3 Å². The average molecular weight is 293 g/mol. The van der Waals surface area contributed by atoms with Gasteiger partial charge in [-0.05, 0) is 30.7 Å². The first-order valence-electron chi connectivity index (χ1n) is 7.15. The van der Waals surface area contributed by atoms with Crippen LogP contribution in [-0.4, -0.2) is 34.2 Å². The predicted molar refractivity (Wildman–Crippen MR) is 79.8 cm³/mol. The van der Waals surface area contributed by atoms with Crippen molar-refractivity contribution in [2.75, 3.05) is 0 Å². The zero-order valence-corrected chi connectivity index (χ0v) is 12.5. The number of aliphatic hydroxyl groups excluding tert-OH is 1. The Morgan fingerprint density at radius 3 is 2.33 bits per heavy atom. The van der Waals surface area contributed by atoms with Gasteiger partial charge < -0.3 is 15.5 Å². The Labute approximate surface area is 125 Å². The minimum atomic E-state index is -1.20. The first kappa shape index (κ1) is 17.2. The molecule has 1 aromatic carbocycles. The molecule has 1 rings (SSSR count). The lowest BCUT2D eigenvalue weighted by atomic mass is 10.0. The summed E-state index contributed by atoms with van der Waals surface area (Å²) in [6.45, 7) is 3.77. The Morgan fingerprint density at radius 1 is 1.19 bits per heavy atom. The molecule has 0 fully saturated rings. The monoisotopic (exact) mass is 293 g/mol. The van der Waals surface area contributed by atoms with E-state index in [1.54, 1.807) is 0 Å². The molecule has 0 aliphatic carbocycles. The lowest BCUT2D eigenvalue weighted by Gasteiger charge is -2.18. The molecule has 0 bridgehead atoms. The van der Waals surface area contributed by atoms with E-state index in [2.05, 4.69) is 5.32 Å². The van der Waals surface area contributed by atoms with Crippen molar-refractivity contribution < 1.29 is 19.8 Å². The maximum Gasteiger partial charge on any atom is 0.326 e. The summed E-state index contributed by atoms with van der Waals surface area (Å²) < 4.78 is 0. The van der Waals surface area contributed by atoms with Crippen molar-refractivity contribution in [1.29, 1.82) is 0 Å². The molecule has 0 unspecified atom stereocenters. The molecular weight excluding hydrogens is 270 g/mol. The van der Waals surface area contributed by atoms with Crippen LogP contribution >= 0.6 is 0 Å². The Hall–Kier alpha value is -1.88. The summed E-state index contributed by atoms with van der Waals surface area (Å²) in [6.07, 6.45) is -0.0209. The highest BCUT2D eigenvalue weighted by Gasteiger charge is 2.24. The maximum absolute atomic E-state index is 11.8. The van der Waals surface area contributed by atoms with Gasteiger partial charge in [-0.15, -0.1) is 0 Å². The van der Waals surface area contributed by atoms with Crippen molar-refractivity contribution in [3.8, 4) is 0 Å². The number of nitrogens with one attached hydrogen (secondary N) is 1. The predicted octanol–water partition coefficient (Wildman–Crippen LogP) is 1.60. The number of hydrogen-bond donors (Lipinski definition) is 3. The standard InChI is InChI=1S/C16H23NO4/c1-11(2)10-13(16(20)21)17-15(19)14(18)9-8-12-6-4-3-5-7-12/h3-7,11,13-14,18H,8-10H2,1-2H3,(H,17,19)(H,20,21)/t13-,14-/m0/s1. The van der Waals surface area contributed by atoms with Gasteiger partial charge in [-0.2, -0.15) is 0 Å². The van der Waals surface area contributed by atoms with Crippen LogP contribution in [0.25, 0.3) is 0 Å². The number of carbonyl (C=O) groups is 2. The number of carbonyl (C=O) groups excluding carboxylic acids is 1. The largest absolute Gasteiger partial charge is 0.480 e. The molecule has 3 N–H and O–H groups in total. The fraction of sp³-hybridized carbons (Fsp3) is 0.500. The first-order chi connectivity index (χ1) is 9.90. The number of aryl methyl sites for hydroxylation is 1. The molecule has 0 saturated carbocycles. The molecule has 116 valence electrons. The van der Waals surface area contributed by atoms with Gasteiger partial charge in [-0.25, -0.2) is 4.79 Å². The van der Waals surface area contributed by atoms with Gasteiger partial charge in [-0.3, -0.25) is 4.79 Å². The molecule has 2 atom stereocenters. The Morgan fingerprint density at radius 2 is 1.81 bits per heavy atom. The van der Waals surface area contributed by atoms with Gasteiger partial charge in [0.2, 0.25) is 5.91 Å². The van der Waals surface area contributed by atoms with Crippen LogP contribution in [0, 0.1) is 5.92 Å². The van der Waals surface area contributed by atoms with Crippen molar-refractivity contribution in [1.82, 2.24) is 5.32 Å². The van der Waals surface area contributed by atoms with E-state index < -0.39 is 24.0 Å². The second-order valence-electron chi connectivity index (χ2n) is 5.57.